The molecule has 2 aromatic carbocycles. The van der Waals surface area contributed by atoms with E-state index in [1.165, 1.54) is 37.7 Å². The highest BCUT2D eigenvalue weighted by Crippen LogP contribution is 2.33. The van der Waals surface area contributed by atoms with E-state index < -0.39 is 6.03 Å². The van der Waals surface area contributed by atoms with Gasteiger partial charge < -0.3 is 15.4 Å². The molecule has 1 aliphatic heterocycles. The highest BCUT2D eigenvalue weighted by molar-refractivity contribution is 7.82. The Hall–Kier alpha value is -2.87. The molecule has 0 bridgehead atoms. The van der Waals surface area contributed by atoms with Crippen LogP contribution in [-0.2, 0) is 0 Å². The fraction of sp³-hybridized carbons (Fsp3) is 0.481. The van der Waals surface area contributed by atoms with Crippen LogP contribution in [0.15, 0.2) is 48.5 Å². The molecule has 4 rings (SSSR count). The van der Waals surface area contributed by atoms with Gasteiger partial charge in [0.25, 0.3) is 0 Å². The Morgan fingerprint density at radius 2 is 1.80 bits per heavy atom. The summed E-state index contributed by atoms with van der Waals surface area (Å²) in [5, 5.41) is 0. The molecular formula is C27H36N4O3S. The van der Waals surface area contributed by atoms with Crippen molar-refractivity contribution in [3.63, 3.8) is 0 Å². The standard InChI is InChI=1S/C27H36N4O3S/c28-26(32)31(35)24-10-7-11-25(20-24)34-19-6-2-5-16-29-17-18-30(27(29)33)23-14-12-22(13-15-23)21-8-3-1-4-9-21/h7,10-15,20-21,35H,1-6,8-9,16-19H2,(H2,28,32). The number of hydrogen-bond donors (Lipinski definition) is 2. The molecule has 2 aromatic rings. The van der Waals surface area contributed by atoms with Crippen LogP contribution in [-0.4, -0.2) is 43.2 Å². The number of amides is 4. The van der Waals surface area contributed by atoms with Crippen LogP contribution in [0.4, 0.5) is 21.0 Å². The molecule has 2 N–H and O–H groups in total. The number of primary amides is 1. The molecular weight excluding hydrogens is 460 g/mol. The molecule has 0 unspecified atom stereocenters. The van der Waals surface area contributed by atoms with Gasteiger partial charge in [-0.25, -0.2) is 13.9 Å². The van der Waals surface area contributed by atoms with Crippen molar-refractivity contribution in [3.8, 4) is 5.75 Å². The molecule has 1 aliphatic carbocycles. The number of thiol groups is 1. The van der Waals surface area contributed by atoms with Crippen molar-refractivity contribution >= 4 is 36.3 Å². The van der Waals surface area contributed by atoms with Crippen LogP contribution in [0.5, 0.6) is 5.75 Å². The van der Waals surface area contributed by atoms with E-state index >= 15 is 0 Å². The molecule has 1 saturated heterocycles. The summed E-state index contributed by atoms with van der Waals surface area (Å²) in [6.07, 6.45) is 9.40. The van der Waals surface area contributed by atoms with Crippen molar-refractivity contribution in [2.24, 2.45) is 5.73 Å². The first-order valence-electron chi connectivity index (χ1n) is 12.7. The molecule has 2 aliphatic rings. The zero-order valence-electron chi connectivity index (χ0n) is 20.3. The molecule has 1 saturated carbocycles. The van der Waals surface area contributed by atoms with Gasteiger partial charge in [-0.05, 0) is 67.9 Å². The average Bonchev–Trinajstić information content (AvgIpc) is 3.26. The van der Waals surface area contributed by atoms with Gasteiger partial charge in [0.15, 0.2) is 0 Å². The summed E-state index contributed by atoms with van der Waals surface area (Å²) in [5.41, 5.74) is 8.24. The zero-order valence-corrected chi connectivity index (χ0v) is 21.2. The average molecular weight is 497 g/mol. The maximum atomic E-state index is 12.9. The molecule has 8 heteroatoms. The van der Waals surface area contributed by atoms with Crippen LogP contribution in [0, 0.1) is 0 Å². The maximum Gasteiger partial charge on any atom is 0.329 e. The molecule has 0 aromatic heterocycles. The molecule has 2 fully saturated rings. The fourth-order valence-corrected chi connectivity index (χ4v) is 5.12. The molecule has 35 heavy (non-hydrogen) atoms. The minimum Gasteiger partial charge on any atom is -0.494 e. The van der Waals surface area contributed by atoms with Gasteiger partial charge >= 0.3 is 12.1 Å². The number of anilines is 2. The molecule has 0 atom stereocenters. The van der Waals surface area contributed by atoms with Crippen molar-refractivity contribution < 1.29 is 14.3 Å². The fourth-order valence-electron chi connectivity index (χ4n) is 5.00. The first kappa shape index (κ1) is 25.2. The number of urea groups is 2. The van der Waals surface area contributed by atoms with Crippen molar-refractivity contribution in [2.75, 3.05) is 35.4 Å². The summed E-state index contributed by atoms with van der Waals surface area (Å²) in [7, 11) is 0. The summed E-state index contributed by atoms with van der Waals surface area (Å²) < 4.78 is 6.87. The van der Waals surface area contributed by atoms with E-state index in [0.29, 0.717) is 24.0 Å². The van der Waals surface area contributed by atoms with Gasteiger partial charge in [0.05, 0.1) is 12.3 Å². The van der Waals surface area contributed by atoms with E-state index in [1.807, 2.05) is 15.9 Å². The second-order valence-corrected chi connectivity index (χ2v) is 9.80. The summed E-state index contributed by atoms with van der Waals surface area (Å²) in [5.74, 6) is 1.35. The van der Waals surface area contributed by atoms with Crippen LogP contribution in [0.3, 0.4) is 0 Å². The molecule has 0 radical (unpaired) electrons. The van der Waals surface area contributed by atoms with Gasteiger partial charge in [-0.3, -0.25) is 4.90 Å². The highest BCUT2D eigenvalue weighted by Gasteiger charge is 2.29. The monoisotopic (exact) mass is 496 g/mol. The zero-order chi connectivity index (χ0) is 24.6. The van der Waals surface area contributed by atoms with Crippen molar-refractivity contribution in [1.29, 1.82) is 0 Å². The third-order valence-electron chi connectivity index (χ3n) is 6.99. The van der Waals surface area contributed by atoms with Crippen LogP contribution < -0.4 is 19.7 Å². The number of rotatable bonds is 10. The second kappa shape index (κ2) is 12.2. The van der Waals surface area contributed by atoms with Crippen molar-refractivity contribution in [2.45, 2.75) is 57.3 Å². The Kier molecular flexibility index (Phi) is 8.79. The number of ether oxygens (including phenoxy) is 1. The topological polar surface area (TPSA) is 79.1 Å². The normalized spacial score (nSPS) is 16.5. The lowest BCUT2D eigenvalue weighted by atomic mass is 9.84. The first-order valence-corrected chi connectivity index (χ1v) is 13.1. The second-order valence-electron chi connectivity index (χ2n) is 9.40. The van der Waals surface area contributed by atoms with Crippen LogP contribution >= 0.6 is 12.8 Å². The minimum absolute atomic E-state index is 0.106. The van der Waals surface area contributed by atoms with E-state index in [0.717, 1.165) is 48.9 Å². The van der Waals surface area contributed by atoms with Crippen molar-refractivity contribution in [1.82, 2.24) is 4.90 Å². The third-order valence-corrected chi connectivity index (χ3v) is 7.42. The summed E-state index contributed by atoms with van der Waals surface area (Å²) in [6, 6.07) is 15.3. The van der Waals surface area contributed by atoms with Crippen molar-refractivity contribution in [3.05, 3.63) is 54.1 Å². The summed E-state index contributed by atoms with van der Waals surface area (Å²) >= 11 is 4.07. The van der Waals surface area contributed by atoms with Gasteiger partial charge in [0.1, 0.15) is 5.75 Å². The van der Waals surface area contributed by atoms with Gasteiger partial charge in [-0.15, -0.1) is 0 Å². The van der Waals surface area contributed by atoms with E-state index in [2.05, 4.69) is 37.1 Å². The Balaban J connectivity index is 1.16. The Labute approximate surface area is 213 Å². The van der Waals surface area contributed by atoms with E-state index in [-0.39, 0.29) is 6.03 Å². The van der Waals surface area contributed by atoms with E-state index in [1.54, 1.807) is 18.2 Å². The number of unbranched alkanes of at least 4 members (excludes halogenated alkanes) is 2. The third kappa shape index (κ3) is 6.63. The smallest absolute Gasteiger partial charge is 0.329 e. The van der Waals surface area contributed by atoms with Gasteiger partial charge in [0.2, 0.25) is 0 Å². The highest BCUT2D eigenvalue weighted by atomic mass is 32.1. The molecule has 188 valence electrons. The molecule has 4 amide bonds. The SMILES string of the molecule is NC(=O)N(S)c1cccc(OCCCCCN2CCN(c3ccc(C4CCCCC4)cc3)C2=O)c1. The van der Waals surface area contributed by atoms with Crippen LogP contribution in [0.2, 0.25) is 0 Å². The number of carbonyl (C=O) groups is 2. The Bertz CT molecular complexity index is 994. The summed E-state index contributed by atoms with van der Waals surface area (Å²) in [6.45, 7) is 2.85. The lowest BCUT2D eigenvalue weighted by molar-refractivity contribution is 0.219. The van der Waals surface area contributed by atoms with E-state index in [4.69, 9.17) is 10.5 Å². The summed E-state index contributed by atoms with van der Waals surface area (Å²) in [4.78, 5) is 28.0. The number of nitrogens with two attached hydrogens (primary N) is 1. The molecule has 1 heterocycles. The quantitative estimate of drug-likeness (QED) is 0.315. The van der Waals surface area contributed by atoms with Crippen LogP contribution in [0.1, 0.15) is 62.8 Å². The molecule has 0 spiro atoms. The number of benzene rings is 2. The Morgan fingerprint density at radius 1 is 1.03 bits per heavy atom. The van der Waals surface area contributed by atoms with Crippen LogP contribution in [0.25, 0.3) is 0 Å². The lowest BCUT2D eigenvalue weighted by Crippen LogP contribution is -2.32. The minimum atomic E-state index is -0.642. The largest absolute Gasteiger partial charge is 0.494 e. The maximum absolute atomic E-state index is 12.9. The van der Waals surface area contributed by atoms with E-state index in [9.17, 15) is 9.59 Å². The Morgan fingerprint density at radius 3 is 2.54 bits per heavy atom. The number of carbonyl (C=O) groups excluding carboxylic acids is 2. The molecule has 7 nitrogen and oxygen atoms in total. The lowest BCUT2D eigenvalue weighted by Gasteiger charge is -2.23. The van der Waals surface area contributed by atoms with Gasteiger partial charge in [0, 0.05) is 31.4 Å². The number of nitrogens with zero attached hydrogens (tertiary/aromatic N) is 3. The first-order chi connectivity index (χ1) is 17.0. The van der Waals surface area contributed by atoms with Gasteiger partial charge in [-0.1, -0.05) is 50.3 Å². The van der Waals surface area contributed by atoms with Gasteiger partial charge in [-0.2, -0.15) is 0 Å². The number of hydrogen-bond acceptors (Lipinski definition) is 4. The predicted octanol–water partition coefficient (Wildman–Crippen LogP) is 5.96. The predicted molar refractivity (Wildman–Crippen MR) is 143 cm³/mol.